The fourth-order valence-electron chi connectivity index (χ4n) is 15.1. The summed E-state index contributed by atoms with van der Waals surface area (Å²) in [4.78, 5) is 22.9. The smallest absolute Gasteiger partial charge is 0.232 e. The summed E-state index contributed by atoms with van der Waals surface area (Å²) >= 11 is 0. The number of hydrogen-bond donors (Lipinski definition) is 0. The van der Waals surface area contributed by atoms with E-state index >= 15 is 0 Å². The number of para-hydroxylation sites is 2. The first kappa shape index (κ1) is 83.5. The van der Waals surface area contributed by atoms with Crippen LogP contribution in [0.15, 0.2) is 183 Å². The van der Waals surface area contributed by atoms with Gasteiger partial charge in [-0.25, -0.2) is 44.8 Å². The Kier molecular flexibility index (Phi) is 25.5. The van der Waals surface area contributed by atoms with Gasteiger partial charge in [-0.3, -0.25) is 0 Å². The summed E-state index contributed by atoms with van der Waals surface area (Å²) in [6.07, 6.45) is 10.2. The van der Waals surface area contributed by atoms with Crippen molar-refractivity contribution in [2.75, 3.05) is 0 Å². The van der Waals surface area contributed by atoms with E-state index in [2.05, 4.69) is 172 Å². The number of aromatic nitrogens is 10. The van der Waals surface area contributed by atoms with Crippen LogP contribution in [0, 0.1) is 111 Å². The van der Waals surface area contributed by atoms with Gasteiger partial charge in [0.2, 0.25) is 0 Å². The maximum atomic E-state index is 13.9. The first-order chi connectivity index (χ1) is 54.0. The summed E-state index contributed by atoms with van der Waals surface area (Å²) in [7, 11) is 9.93. The van der Waals surface area contributed by atoms with Crippen LogP contribution in [0.3, 0.4) is 0 Å². The molecule has 0 bridgehead atoms. The number of halogens is 5. The predicted octanol–water partition coefficient (Wildman–Crippen LogP) is 22.3. The van der Waals surface area contributed by atoms with Crippen molar-refractivity contribution >= 4 is 54.5 Å². The Labute approximate surface area is 669 Å². The molecule has 5 aromatic heterocycles. The molecular weight excluding hydrogens is 1420 g/mol. The zero-order valence-electron chi connectivity index (χ0n) is 70.7. The van der Waals surface area contributed by atoms with Crippen LogP contribution in [0.25, 0.3) is 111 Å². The second-order valence-corrected chi connectivity index (χ2v) is 32.3. The fraction of sp³-hybridized carbons (Fsp3) is 0.293. The summed E-state index contributed by atoms with van der Waals surface area (Å²) in [6, 6.07) is 49.4. The van der Waals surface area contributed by atoms with Crippen LogP contribution >= 0.6 is 0 Å². The molecule has 0 amide bonds. The molecule has 0 radical (unpaired) electrons. The van der Waals surface area contributed by atoms with Gasteiger partial charge in [0, 0.05) is 38.9 Å². The van der Waals surface area contributed by atoms with Crippen molar-refractivity contribution in [3.05, 3.63) is 296 Å². The van der Waals surface area contributed by atoms with Gasteiger partial charge in [0.1, 0.15) is 57.6 Å². The third kappa shape index (κ3) is 17.8. The molecule has 114 heavy (non-hydrogen) atoms. The molecule has 0 spiro atoms. The number of rotatable bonds is 10. The third-order valence-corrected chi connectivity index (χ3v) is 21.6. The van der Waals surface area contributed by atoms with E-state index in [-0.39, 0.29) is 29.1 Å². The van der Waals surface area contributed by atoms with E-state index in [1.807, 2.05) is 168 Å². The van der Waals surface area contributed by atoms with Crippen LogP contribution in [-0.2, 0) is 41.7 Å². The number of aryl methyl sites for hydroxylation is 16. The monoisotopic (exact) mass is 1530 g/mol. The zero-order valence-corrected chi connectivity index (χ0v) is 70.7. The van der Waals surface area contributed by atoms with E-state index in [0.717, 1.165) is 145 Å². The molecule has 10 nitrogen and oxygen atoms in total. The molecule has 0 atom stereocenters. The molecule has 0 N–H and O–H groups in total. The number of nitrogens with zero attached hydrogens (tertiary/aromatic N) is 10. The lowest BCUT2D eigenvalue weighted by Crippen LogP contribution is -2.32. The highest BCUT2D eigenvalue weighted by Crippen LogP contribution is 2.37. The Morgan fingerprint density at radius 2 is 0.605 bits per heavy atom. The Bertz CT molecular complexity index is 6130. The predicted molar refractivity (Wildman–Crippen MR) is 454 cm³/mol. The Hall–Kier alpha value is -11.5. The molecule has 0 saturated heterocycles. The third-order valence-electron chi connectivity index (χ3n) is 21.6. The zero-order chi connectivity index (χ0) is 82.7. The fourth-order valence-corrected chi connectivity index (χ4v) is 15.1. The van der Waals surface area contributed by atoms with Crippen molar-refractivity contribution in [1.82, 2.24) is 24.9 Å². The molecule has 10 aromatic carbocycles. The van der Waals surface area contributed by atoms with Crippen molar-refractivity contribution in [2.24, 2.45) is 41.2 Å². The maximum absolute atomic E-state index is 13.9. The van der Waals surface area contributed by atoms with Gasteiger partial charge in [-0.15, -0.1) is 0 Å². The van der Waals surface area contributed by atoms with Crippen LogP contribution < -0.4 is 22.8 Å². The molecule has 0 fully saturated rings. The van der Waals surface area contributed by atoms with E-state index < -0.39 is 0 Å². The SMILES string of the molecule is Cc1cc(-c2c3cc(C(C)C)ccc3nc[n+]2C)c(C)cc1F.Cc1cc(-c2c3ccc(C(C)C)cc3nc[n+]2C)c(C)cc1F.Cc1cc(-c2c3cccc(C(C)C)c3nc[n+]2C)c(C)cc1F.Cc1cc(-c2c3cccc(CC(C)C)c3nc[n+]2C)c(C)cc1F.Cc1ccc2nc[n+](C)c(-c3cc(C)c(F)cc3C)c2c1. The van der Waals surface area contributed by atoms with E-state index in [0.29, 0.717) is 51.5 Å². The van der Waals surface area contributed by atoms with E-state index in [4.69, 9.17) is 0 Å². The first-order valence-corrected chi connectivity index (χ1v) is 39.2. The van der Waals surface area contributed by atoms with Gasteiger partial charge < -0.3 is 0 Å². The minimum absolute atomic E-state index is 0.155. The quantitative estimate of drug-likeness (QED) is 0.101. The lowest BCUT2D eigenvalue weighted by Gasteiger charge is -2.12. The van der Waals surface area contributed by atoms with E-state index in [1.54, 1.807) is 58.0 Å². The van der Waals surface area contributed by atoms with E-state index in [9.17, 15) is 22.0 Å². The lowest BCUT2D eigenvalue weighted by molar-refractivity contribution is -0.662. The second kappa shape index (κ2) is 34.9. The molecular formula is C99H108F5N10+5. The highest BCUT2D eigenvalue weighted by atomic mass is 19.1. The minimum atomic E-state index is -0.159. The molecule has 0 unspecified atom stereocenters. The van der Waals surface area contributed by atoms with Crippen molar-refractivity contribution < 1.29 is 44.8 Å². The summed E-state index contributed by atoms with van der Waals surface area (Å²) < 4.78 is 79.2. The molecule has 584 valence electrons. The van der Waals surface area contributed by atoms with Gasteiger partial charge in [0.25, 0.3) is 31.6 Å². The molecule has 15 heteroatoms. The number of hydrogen-bond acceptors (Lipinski definition) is 5. The number of benzene rings is 10. The van der Waals surface area contributed by atoms with Crippen molar-refractivity contribution in [3.63, 3.8) is 0 Å². The first-order valence-electron chi connectivity index (χ1n) is 39.2. The van der Waals surface area contributed by atoms with Crippen molar-refractivity contribution in [2.45, 2.75) is 156 Å². The molecule has 0 saturated carbocycles. The largest absolute Gasteiger partial charge is 0.287 e. The van der Waals surface area contributed by atoms with Crippen LogP contribution in [-0.4, -0.2) is 24.9 Å². The van der Waals surface area contributed by atoms with Gasteiger partial charge in [0.15, 0.2) is 27.6 Å². The Balaban J connectivity index is 0.000000141. The molecule has 15 rings (SSSR count). The maximum Gasteiger partial charge on any atom is 0.287 e. The number of fused-ring (bicyclic) bond motifs is 5. The van der Waals surface area contributed by atoms with Gasteiger partial charge in [0.05, 0.1) is 62.2 Å². The van der Waals surface area contributed by atoms with Gasteiger partial charge >= 0.3 is 0 Å². The van der Waals surface area contributed by atoms with E-state index in [1.165, 1.54) is 27.8 Å². The summed E-state index contributed by atoms with van der Waals surface area (Å²) in [5.41, 5.74) is 29.9. The van der Waals surface area contributed by atoms with Crippen LogP contribution in [0.5, 0.6) is 0 Å². The minimum Gasteiger partial charge on any atom is -0.232 e. The summed E-state index contributed by atoms with van der Waals surface area (Å²) in [6.45, 7) is 38.4. The van der Waals surface area contributed by atoms with Crippen LogP contribution in [0.4, 0.5) is 22.0 Å². The standard InChI is InChI=1S/C21H24FN2.3C20H22FN2.C18H18FN2/c1-13(2)9-16-7-6-8-17-20(16)23-12-24(5)21(17)18-10-15(4)19(22)11-14(18)3;1-12(2)15-6-7-19-17(10-15)20(23(5)11-22-19)16-8-14(4)18(21)9-13(16)3;1-12(2)15-6-7-16-19(10-15)22-11-23(5)20(16)17-8-14(4)18(21)9-13(17)3;1-12(2)15-7-6-8-16-19(15)22-11-23(5)20(16)17-9-14(4)18(21)10-13(17)3;1-11-5-6-17-15(7-11)18(21(4)10-20-17)14-8-13(3)16(19)9-12(14)2/h6-8,10-13H,9H2,1-5H3;3*6-12H,1-5H3;5-10H,1-4H3/q5*+1. The normalized spacial score (nSPS) is 11.4. The van der Waals surface area contributed by atoms with Crippen LogP contribution in [0.2, 0.25) is 0 Å². The summed E-state index contributed by atoms with van der Waals surface area (Å²) in [5.74, 6) is 1.11. The molecule has 15 aromatic rings. The van der Waals surface area contributed by atoms with Crippen molar-refractivity contribution in [1.29, 1.82) is 0 Å². The second-order valence-electron chi connectivity index (χ2n) is 32.3. The highest BCUT2D eigenvalue weighted by molar-refractivity contribution is 5.97. The topological polar surface area (TPSA) is 83.8 Å². The molecule has 0 aliphatic heterocycles. The van der Waals surface area contributed by atoms with Crippen LogP contribution in [0.1, 0.15) is 157 Å². The Morgan fingerprint density at radius 1 is 0.281 bits per heavy atom. The average molecular weight is 1530 g/mol. The summed E-state index contributed by atoms with van der Waals surface area (Å²) in [5, 5.41) is 5.51. The van der Waals surface area contributed by atoms with Crippen molar-refractivity contribution in [3.8, 4) is 56.3 Å². The molecule has 5 heterocycles. The van der Waals surface area contributed by atoms with Gasteiger partial charge in [-0.05, 0) is 307 Å². The Morgan fingerprint density at radius 3 is 1.00 bits per heavy atom. The van der Waals surface area contributed by atoms with Gasteiger partial charge in [-0.2, -0.15) is 0 Å². The lowest BCUT2D eigenvalue weighted by atomic mass is 9.95. The highest BCUT2D eigenvalue weighted by Gasteiger charge is 2.26. The average Bonchev–Trinajstić information content (AvgIpc) is 0.787. The molecule has 0 aliphatic rings. The van der Waals surface area contributed by atoms with Gasteiger partial charge in [-0.1, -0.05) is 103 Å². The molecule has 0 aliphatic carbocycles.